The van der Waals surface area contributed by atoms with Crippen LogP contribution < -0.4 is 0 Å². The van der Waals surface area contributed by atoms with E-state index in [1.807, 2.05) is 7.05 Å². The molecule has 0 spiro atoms. The number of benzene rings is 1. The van der Waals surface area contributed by atoms with E-state index in [1.165, 1.54) is 11.1 Å². The molecule has 1 saturated heterocycles. The van der Waals surface area contributed by atoms with Crippen LogP contribution in [0.15, 0.2) is 24.3 Å². The van der Waals surface area contributed by atoms with E-state index in [9.17, 15) is 4.79 Å². The Balaban J connectivity index is 1.84. The Bertz CT molecular complexity index is 478. The van der Waals surface area contributed by atoms with E-state index in [0.717, 1.165) is 19.6 Å². The van der Waals surface area contributed by atoms with Crippen molar-refractivity contribution in [2.24, 2.45) is 0 Å². The van der Waals surface area contributed by atoms with E-state index in [2.05, 4.69) is 36.1 Å². The highest BCUT2D eigenvalue weighted by atomic mass is 16.5. The lowest BCUT2D eigenvalue weighted by Crippen LogP contribution is -2.47. The van der Waals surface area contributed by atoms with Gasteiger partial charge in [0.1, 0.15) is 0 Å². The second kappa shape index (κ2) is 7.54. The fraction of sp³-hybridized carbons (Fsp3) is 0.562. The van der Waals surface area contributed by atoms with Crippen molar-refractivity contribution in [1.29, 1.82) is 0 Å². The van der Waals surface area contributed by atoms with Crippen LogP contribution in [0, 0.1) is 6.92 Å². The molecule has 0 aromatic heterocycles. The molecular weight excluding hydrogens is 268 g/mol. The highest BCUT2D eigenvalue weighted by Crippen LogP contribution is 2.12. The molecule has 0 radical (unpaired) electrons. The highest BCUT2D eigenvalue weighted by Gasteiger charge is 2.22. The Morgan fingerprint density at radius 3 is 3.05 bits per heavy atom. The minimum atomic E-state index is -0.801. The lowest BCUT2D eigenvalue weighted by atomic mass is 10.1. The van der Waals surface area contributed by atoms with Gasteiger partial charge in [0.05, 0.1) is 19.3 Å². The van der Waals surface area contributed by atoms with Crippen LogP contribution in [0.3, 0.4) is 0 Å². The molecule has 1 unspecified atom stereocenters. The Kier molecular flexibility index (Phi) is 5.73. The molecule has 1 N–H and O–H groups in total. The molecule has 1 aromatic carbocycles. The van der Waals surface area contributed by atoms with Gasteiger partial charge >= 0.3 is 5.97 Å². The molecule has 21 heavy (non-hydrogen) atoms. The van der Waals surface area contributed by atoms with Crippen LogP contribution in [-0.4, -0.2) is 66.8 Å². The van der Waals surface area contributed by atoms with Crippen molar-refractivity contribution < 1.29 is 14.6 Å². The quantitative estimate of drug-likeness (QED) is 0.854. The minimum Gasteiger partial charge on any atom is -0.480 e. The van der Waals surface area contributed by atoms with Crippen LogP contribution in [0.25, 0.3) is 0 Å². The smallest absolute Gasteiger partial charge is 0.317 e. The molecule has 0 saturated carbocycles. The van der Waals surface area contributed by atoms with Crippen LogP contribution in [0.2, 0.25) is 0 Å². The van der Waals surface area contributed by atoms with E-state index >= 15 is 0 Å². The number of carbonyl (C=O) groups is 1. The number of likely N-dealkylation sites (N-methyl/N-ethyl adjacent to an activating group) is 1. The molecule has 1 atom stereocenters. The van der Waals surface area contributed by atoms with Gasteiger partial charge in [-0.2, -0.15) is 0 Å². The number of aryl methyl sites for hydroxylation is 1. The van der Waals surface area contributed by atoms with Crippen molar-refractivity contribution in [1.82, 2.24) is 9.80 Å². The monoisotopic (exact) mass is 292 g/mol. The van der Waals surface area contributed by atoms with Crippen LogP contribution in [0.4, 0.5) is 0 Å². The fourth-order valence-corrected chi connectivity index (χ4v) is 2.75. The van der Waals surface area contributed by atoms with Crippen molar-refractivity contribution in [2.75, 3.05) is 39.8 Å². The number of nitrogens with zero attached hydrogens (tertiary/aromatic N) is 2. The van der Waals surface area contributed by atoms with Gasteiger partial charge in [-0.1, -0.05) is 29.8 Å². The van der Waals surface area contributed by atoms with E-state index in [0.29, 0.717) is 13.2 Å². The SMILES string of the molecule is Cc1cccc(CN2CCOC(CN(C)CC(=O)O)C2)c1. The molecule has 0 bridgehead atoms. The number of hydrogen-bond acceptors (Lipinski definition) is 4. The zero-order valence-corrected chi connectivity index (χ0v) is 12.8. The van der Waals surface area contributed by atoms with Gasteiger partial charge in [-0.25, -0.2) is 0 Å². The number of rotatable bonds is 6. The zero-order chi connectivity index (χ0) is 15.2. The Morgan fingerprint density at radius 1 is 1.52 bits per heavy atom. The largest absolute Gasteiger partial charge is 0.480 e. The predicted molar refractivity (Wildman–Crippen MR) is 81.3 cm³/mol. The van der Waals surface area contributed by atoms with Gasteiger partial charge in [-0.3, -0.25) is 14.6 Å². The number of aliphatic carboxylic acids is 1. The first-order chi connectivity index (χ1) is 10.0. The normalized spacial score (nSPS) is 19.9. The Hall–Kier alpha value is -1.43. The van der Waals surface area contributed by atoms with Crippen LogP contribution in [0.5, 0.6) is 0 Å². The summed E-state index contributed by atoms with van der Waals surface area (Å²) in [7, 11) is 1.82. The molecule has 0 aliphatic carbocycles. The maximum absolute atomic E-state index is 10.7. The molecule has 5 nitrogen and oxygen atoms in total. The van der Waals surface area contributed by atoms with Gasteiger partial charge in [0.15, 0.2) is 0 Å². The second-order valence-electron chi connectivity index (χ2n) is 5.81. The number of hydrogen-bond donors (Lipinski definition) is 1. The third-order valence-corrected chi connectivity index (χ3v) is 3.63. The molecular formula is C16H24N2O3. The van der Waals surface area contributed by atoms with Crippen LogP contribution in [0.1, 0.15) is 11.1 Å². The Labute approximate surface area is 126 Å². The molecule has 1 fully saturated rings. The van der Waals surface area contributed by atoms with Crippen molar-refractivity contribution in [2.45, 2.75) is 19.6 Å². The summed E-state index contributed by atoms with van der Waals surface area (Å²) >= 11 is 0. The lowest BCUT2D eigenvalue weighted by molar-refractivity contribution is -0.138. The minimum absolute atomic E-state index is 0.0533. The van der Waals surface area contributed by atoms with Gasteiger partial charge in [-0.15, -0.1) is 0 Å². The highest BCUT2D eigenvalue weighted by molar-refractivity contribution is 5.69. The summed E-state index contributed by atoms with van der Waals surface area (Å²) in [4.78, 5) is 14.9. The number of ether oxygens (including phenoxy) is 1. The summed E-state index contributed by atoms with van der Waals surface area (Å²) in [6, 6.07) is 8.55. The second-order valence-corrected chi connectivity index (χ2v) is 5.81. The van der Waals surface area contributed by atoms with Crippen molar-refractivity contribution in [3.8, 4) is 0 Å². The summed E-state index contributed by atoms with van der Waals surface area (Å²) in [5.74, 6) is -0.801. The molecule has 2 rings (SSSR count). The number of carboxylic acid groups (broad SMARTS) is 1. The summed E-state index contributed by atoms with van der Waals surface area (Å²) in [5.41, 5.74) is 2.59. The first kappa shape index (κ1) is 15.9. The van der Waals surface area contributed by atoms with Crippen LogP contribution in [-0.2, 0) is 16.1 Å². The van der Waals surface area contributed by atoms with E-state index in [1.54, 1.807) is 4.90 Å². The fourth-order valence-electron chi connectivity index (χ4n) is 2.75. The average molecular weight is 292 g/mol. The van der Waals surface area contributed by atoms with Crippen molar-refractivity contribution in [3.05, 3.63) is 35.4 Å². The van der Waals surface area contributed by atoms with Gasteiger partial charge < -0.3 is 9.84 Å². The first-order valence-electron chi connectivity index (χ1n) is 7.33. The molecule has 5 heteroatoms. The molecule has 1 heterocycles. The van der Waals surface area contributed by atoms with E-state index in [4.69, 9.17) is 9.84 Å². The summed E-state index contributed by atoms with van der Waals surface area (Å²) < 4.78 is 5.75. The number of carboxylic acids is 1. The van der Waals surface area contributed by atoms with Crippen LogP contribution >= 0.6 is 0 Å². The summed E-state index contributed by atoms with van der Waals surface area (Å²) in [6.07, 6.45) is 0.0768. The predicted octanol–water partition coefficient (Wildman–Crippen LogP) is 1.21. The van der Waals surface area contributed by atoms with Gasteiger partial charge in [0, 0.05) is 26.2 Å². The van der Waals surface area contributed by atoms with Crippen molar-refractivity contribution in [3.63, 3.8) is 0 Å². The zero-order valence-electron chi connectivity index (χ0n) is 12.8. The Morgan fingerprint density at radius 2 is 2.33 bits per heavy atom. The molecule has 1 aliphatic heterocycles. The summed E-state index contributed by atoms with van der Waals surface area (Å²) in [6.45, 7) is 6.20. The molecule has 1 aromatic rings. The van der Waals surface area contributed by atoms with E-state index < -0.39 is 5.97 Å². The molecule has 116 valence electrons. The van der Waals surface area contributed by atoms with Gasteiger partial charge in [-0.05, 0) is 19.5 Å². The maximum atomic E-state index is 10.7. The lowest BCUT2D eigenvalue weighted by Gasteiger charge is -2.34. The third kappa shape index (κ3) is 5.46. The topological polar surface area (TPSA) is 53.0 Å². The first-order valence-corrected chi connectivity index (χ1v) is 7.33. The van der Waals surface area contributed by atoms with Gasteiger partial charge in [0.2, 0.25) is 0 Å². The molecule has 0 amide bonds. The van der Waals surface area contributed by atoms with Crippen molar-refractivity contribution >= 4 is 5.97 Å². The standard InChI is InChI=1S/C16H24N2O3/c1-13-4-3-5-14(8-13)9-18-6-7-21-15(11-18)10-17(2)12-16(19)20/h3-5,8,15H,6-7,9-12H2,1-2H3,(H,19,20). The third-order valence-electron chi connectivity index (χ3n) is 3.63. The molecule has 1 aliphatic rings. The average Bonchev–Trinajstić information content (AvgIpc) is 2.37. The summed E-state index contributed by atoms with van der Waals surface area (Å²) in [5, 5.41) is 8.79. The van der Waals surface area contributed by atoms with E-state index in [-0.39, 0.29) is 12.6 Å². The number of morpholine rings is 1. The van der Waals surface area contributed by atoms with Gasteiger partial charge in [0.25, 0.3) is 0 Å². The maximum Gasteiger partial charge on any atom is 0.317 e.